The van der Waals surface area contributed by atoms with Crippen LogP contribution in [0.5, 0.6) is 0 Å². The van der Waals surface area contributed by atoms with E-state index >= 15 is 0 Å². The Morgan fingerprint density at radius 1 is 1.22 bits per heavy atom. The zero-order valence-corrected chi connectivity index (χ0v) is 12.1. The van der Waals surface area contributed by atoms with Gasteiger partial charge < -0.3 is 10.2 Å². The molecule has 1 heterocycles. The molecule has 0 saturated heterocycles. The lowest BCUT2D eigenvalue weighted by Crippen LogP contribution is -2.33. The summed E-state index contributed by atoms with van der Waals surface area (Å²) in [6.45, 7) is 11.5. The van der Waals surface area contributed by atoms with Crippen LogP contribution in [0.4, 0.5) is 5.82 Å². The van der Waals surface area contributed by atoms with Crippen molar-refractivity contribution in [3.05, 3.63) is 17.8 Å². The Hall–Kier alpha value is -1.16. The Morgan fingerprint density at radius 3 is 2.50 bits per heavy atom. The van der Waals surface area contributed by atoms with E-state index in [4.69, 9.17) is 0 Å². The largest absolute Gasteiger partial charge is 0.353 e. The van der Waals surface area contributed by atoms with Crippen LogP contribution in [-0.2, 0) is 6.54 Å². The van der Waals surface area contributed by atoms with Gasteiger partial charge in [0.25, 0.3) is 0 Å². The first-order chi connectivity index (χ1) is 8.72. The summed E-state index contributed by atoms with van der Waals surface area (Å²) in [5.41, 5.74) is 1.01. The average Bonchev–Trinajstić information content (AvgIpc) is 2.41. The summed E-state index contributed by atoms with van der Waals surface area (Å²) < 4.78 is 0. The quantitative estimate of drug-likeness (QED) is 0.720. The number of nitrogens with one attached hydrogen (secondary N) is 1. The van der Waals surface area contributed by atoms with Gasteiger partial charge in [0.1, 0.15) is 0 Å². The molecule has 1 aromatic rings. The van der Waals surface area contributed by atoms with Gasteiger partial charge in [-0.25, -0.2) is 0 Å². The van der Waals surface area contributed by atoms with Gasteiger partial charge in [0.05, 0.1) is 5.69 Å². The van der Waals surface area contributed by atoms with Crippen LogP contribution in [0, 0.1) is 0 Å². The predicted octanol–water partition coefficient (Wildman–Crippen LogP) is 2.60. The SMILES string of the molecule is CCCNCc1ccc(N(CC)C(C)CC)nn1. The first-order valence-electron chi connectivity index (χ1n) is 7.02. The van der Waals surface area contributed by atoms with Crippen LogP contribution in [0.15, 0.2) is 12.1 Å². The minimum atomic E-state index is 0.508. The monoisotopic (exact) mass is 250 g/mol. The fraction of sp³-hybridized carbons (Fsp3) is 0.714. The van der Waals surface area contributed by atoms with E-state index in [0.29, 0.717) is 6.04 Å². The molecule has 1 atom stereocenters. The van der Waals surface area contributed by atoms with Crippen LogP contribution in [-0.4, -0.2) is 29.3 Å². The second-order valence-electron chi connectivity index (χ2n) is 4.60. The Balaban J connectivity index is 2.63. The third kappa shape index (κ3) is 4.26. The van der Waals surface area contributed by atoms with E-state index in [1.165, 1.54) is 0 Å². The first kappa shape index (κ1) is 14.9. The second-order valence-corrected chi connectivity index (χ2v) is 4.60. The lowest BCUT2D eigenvalue weighted by atomic mass is 10.2. The lowest BCUT2D eigenvalue weighted by molar-refractivity contribution is 0.613. The van der Waals surface area contributed by atoms with E-state index in [1.807, 2.05) is 0 Å². The van der Waals surface area contributed by atoms with Gasteiger partial charge in [-0.1, -0.05) is 13.8 Å². The van der Waals surface area contributed by atoms with E-state index in [1.54, 1.807) is 0 Å². The molecule has 0 aromatic carbocycles. The van der Waals surface area contributed by atoms with Gasteiger partial charge in [-0.3, -0.25) is 0 Å². The van der Waals surface area contributed by atoms with Gasteiger partial charge in [-0.2, -0.15) is 5.10 Å². The molecule has 0 aliphatic rings. The molecule has 0 amide bonds. The number of rotatable bonds is 8. The minimum Gasteiger partial charge on any atom is -0.353 e. The molecule has 0 aliphatic heterocycles. The summed E-state index contributed by atoms with van der Waals surface area (Å²) in [5, 5.41) is 11.9. The molecular formula is C14H26N4. The zero-order valence-electron chi connectivity index (χ0n) is 12.1. The molecular weight excluding hydrogens is 224 g/mol. The maximum Gasteiger partial charge on any atom is 0.151 e. The van der Waals surface area contributed by atoms with Crippen molar-refractivity contribution >= 4 is 5.82 Å². The van der Waals surface area contributed by atoms with Crippen LogP contribution in [0.2, 0.25) is 0 Å². The highest BCUT2D eigenvalue weighted by Gasteiger charge is 2.12. The second kappa shape index (κ2) is 8.03. The van der Waals surface area contributed by atoms with Gasteiger partial charge in [0, 0.05) is 19.1 Å². The summed E-state index contributed by atoms with van der Waals surface area (Å²) >= 11 is 0. The van der Waals surface area contributed by atoms with Gasteiger partial charge in [-0.05, 0) is 45.4 Å². The molecule has 4 nitrogen and oxygen atoms in total. The van der Waals surface area contributed by atoms with Crippen molar-refractivity contribution in [2.24, 2.45) is 0 Å². The normalized spacial score (nSPS) is 12.4. The smallest absolute Gasteiger partial charge is 0.151 e. The van der Waals surface area contributed by atoms with E-state index < -0.39 is 0 Å². The summed E-state index contributed by atoms with van der Waals surface area (Å²) in [6, 6.07) is 4.65. The van der Waals surface area contributed by atoms with Gasteiger partial charge in [0.15, 0.2) is 5.82 Å². The summed E-state index contributed by atoms with van der Waals surface area (Å²) in [5.74, 6) is 0.978. The third-order valence-corrected chi connectivity index (χ3v) is 3.20. The Morgan fingerprint density at radius 2 is 2.00 bits per heavy atom. The molecule has 102 valence electrons. The summed E-state index contributed by atoms with van der Waals surface area (Å²) in [6.07, 6.45) is 2.26. The van der Waals surface area contributed by atoms with Crippen LogP contribution >= 0.6 is 0 Å². The van der Waals surface area contributed by atoms with Crippen molar-refractivity contribution in [1.82, 2.24) is 15.5 Å². The third-order valence-electron chi connectivity index (χ3n) is 3.20. The van der Waals surface area contributed by atoms with E-state index in [0.717, 1.165) is 44.0 Å². The van der Waals surface area contributed by atoms with Crippen LogP contribution in [0.3, 0.4) is 0 Å². The number of anilines is 1. The molecule has 1 rings (SSSR count). The standard InChI is InChI=1S/C14H26N4/c1-5-10-15-11-13-8-9-14(17-16-13)18(7-3)12(4)6-2/h8-9,12,15H,5-7,10-11H2,1-4H3. The van der Waals surface area contributed by atoms with Crippen molar-refractivity contribution in [2.45, 2.75) is 53.1 Å². The molecule has 1 aromatic heterocycles. The van der Waals surface area contributed by atoms with Gasteiger partial charge >= 0.3 is 0 Å². The Bertz CT molecular complexity index is 323. The van der Waals surface area contributed by atoms with E-state index in [2.05, 4.69) is 60.2 Å². The molecule has 0 spiro atoms. The van der Waals surface area contributed by atoms with Crippen molar-refractivity contribution in [2.75, 3.05) is 18.0 Å². The highest BCUT2D eigenvalue weighted by atomic mass is 15.3. The van der Waals surface area contributed by atoms with E-state index in [9.17, 15) is 0 Å². The molecule has 1 unspecified atom stereocenters. The highest BCUT2D eigenvalue weighted by Crippen LogP contribution is 2.14. The first-order valence-corrected chi connectivity index (χ1v) is 7.02. The van der Waals surface area contributed by atoms with Crippen molar-refractivity contribution < 1.29 is 0 Å². The number of hydrogen-bond donors (Lipinski definition) is 1. The molecule has 1 N–H and O–H groups in total. The number of nitrogens with zero attached hydrogens (tertiary/aromatic N) is 3. The van der Waals surface area contributed by atoms with Crippen LogP contribution < -0.4 is 10.2 Å². The van der Waals surface area contributed by atoms with E-state index in [-0.39, 0.29) is 0 Å². The van der Waals surface area contributed by atoms with Crippen LogP contribution in [0.1, 0.15) is 46.2 Å². The maximum atomic E-state index is 4.33. The average molecular weight is 250 g/mol. The molecule has 0 radical (unpaired) electrons. The number of aromatic nitrogens is 2. The van der Waals surface area contributed by atoms with Gasteiger partial charge in [0.2, 0.25) is 0 Å². The minimum absolute atomic E-state index is 0.508. The van der Waals surface area contributed by atoms with Crippen molar-refractivity contribution in [3.8, 4) is 0 Å². The van der Waals surface area contributed by atoms with Crippen molar-refractivity contribution in [3.63, 3.8) is 0 Å². The van der Waals surface area contributed by atoms with Gasteiger partial charge in [-0.15, -0.1) is 5.10 Å². The number of hydrogen-bond acceptors (Lipinski definition) is 4. The van der Waals surface area contributed by atoms with Crippen molar-refractivity contribution in [1.29, 1.82) is 0 Å². The zero-order chi connectivity index (χ0) is 13.4. The molecule has 18 heavy (non-hydrogen) atoms. The maximum absolute atomic E-state index is 4.33. The summed E-state index contributed by atoms with van der Waals surface area (Å²) in [7, 11) is 0. The van der Waals surface area contributed by atoms with Crippen LogP contribution in [0.25, 0.3) is 0 Å². The fourth-order valence-electron chi connectivity index (χ4n) is 1.91. The molecule has 0 saturated carbocycles. The topological polar surface area (TPSA) is 41.0 Å². The molecule has 0 bridgehead atoms. The Labute approximate surface area is 111 Å². The molecule has 0 fully saturated rings. The molecule has 4 heteroatoms. The highest BCUT2D eigenvalue weighted by molar-refractivity contribution is 5.38. The predicted molar refractivity (Wildman–Crippen MR) is 76.8 cm³/mol. The fourth-order valence-corrected chi connectivity index (χ4v) is 1.91. The summed E-state index contributed by atoms with van der Waals surface area (Å²) in [4.78, 5) is 2.29. The lowest BCUT2D eigenvalue weighted by Gasteiger charge is -2.27. The Kier molecular flexibility index (Phi) is 6.65. The molecule has 0 aliphatic carbocycles.